The molecule has 3 rings (SSSR count). The molecule has 2 fully saturated rings. The molecular formula is C16H24FN5O2. The summed E-state index contributed by atoms with van der Waals surface area (Å²) in [5.41, 5.74) is 6.73. The fourth-order valence-corrected chi connectivity index (χ4v) is 2.86. The van der Waals surface area contributed by atoms with Crippen LogP contribution in [0.5, 0.6) is 0 Å². The maximum Gasteiger partial charge on any atom is 0.191 e. The molecule has 1 atom stereocenters. The van der Waals surface area contributed by atoms with Crippen molar-refractivity contribution in [2.24, 2.45) is 10.7 Å². The molecule has 2 aliphatic rings. The fraction of sp³-hybridized carbons (Fsp3) is 0.625. The molecule has 132 valence electrons. The summed E-state index contributed by atoms with van der Waals surface area (Å²) in [5.74, 6) is 0.506. The smallest absolute Gasteiger partial charge is 0.191 e. The van der Waals surface area contributed by atoms with Gasteiger partial charge in [0, 0.05) is 32.4 Å². The fourth-order valence-electron chi connectivity index (χ4n) is 2.86. The predicted octanol–water partition coefficient (Wildman–Crippen LogP) is 0.593. The van der Waals surface area contributed by atoms with Crippen molar-refractivity contribution in [3.05, 3.63) is 23.6 Å². The first-order valence-electron chi connectivity index (χ1n) is 8.27. The van der Waals surface area contributed by atoms with Crippen LogP contribution in [-0.2, 0) is 16.0 Å². The van der Waals surface area contributed by atoms with Gasteiger partial charge in [0.25, 0.3) is 0 Å². The Morgan fingerprint density at radius 1 is 1.38 bits per heavy atom. The van der Waals surface area contributed by atoms with Crippen LogP contribution in [0, 0.1) is 5.82 Å². The van der Waals surface area contributed by atoms with Gasteiger partial charge in [-0.05, 0) is 18.6 Å². The van der Waals surface area contributed by atoms with Crippen LogP contribution in [0.4, 0.5) is 10.2 Å². The van der Waals surface area contributed by atoms with Gasteiger partial charge in [0.15, 0.2) is 17.6 Å². The molecule has 0 radical (unpaired) electrons. The van der Waals surface area contributed by atoms with Crippen molar-refractivity contribution in [1.82, 2.24) is 9.88 Å². The molecule has 2 saturated heterocycles. The van der Waals surface area contributed by atoms with E-state index in [9.17, 15) is 4.39 Å². The molecule has 24 heavy (non-hydrogen) atoms. The monoisotopic (exact) mass is 337 g/mol. The Labute approximate surface area is 141 Å². The number of rotatable bonds is 3. The Bertz CT molecular complexity index is 592. The standard InChI is InChI=1S/C16H24FN5O2/c1-12-11-22(4-7-24-12)16(18)20-10-13-8-14(17)15(19-9-13)21-2-5-23-6-3-21/h8-9,12H,2-7,10-11H2,1H3,(H2,18,20). The third-order valence-electron chi connectivity index (χ3n) is 4.18. The highest BCUT2D eigenvalue weighted by molar-refractivity contribution is 5.78. The third-order valence-corrected chi connectivity index (χ3v) is 4.18. The molecule has 0 aromatic carbocycles. The SMILES string of the molecule is CC1CN(C(N)=NCc2cnc(N3CCOCC3)c(F)c2)CCO1. The number of hydrogen-bond donors (Lipinski definition) is 1. The van der Waals surface area contributed by atoms with E-state index in [0.29, 0.717) is 56.8 Å². The molecule has 0 aliphatic carbocycles. The van der Waals surface area contributed by atoms with E-state index in [0.717, 1.165) is 13.1 Å². The number of nitrogens with two attached hydrogens (primary N) is 1. The summed E-state index contributed by atoms with van der Waals surface area (Å²) in [4.78, 5) is 12.5. The zero-order valence-electron chi connectivity index (χ0n) is 13.9. The van der Waals surface area contributed by atoms with Crippen molar-refractivity contribution in [3.8, 4) is 0 Å². The predicted molar refractivity (Wildman–Crippen MR) is 89.5 cm³/mol. The van der Waals surface area contributed by atoms with Crippen molar-refractivity contribution < 1.29 is 13.9 Å². The minimum absolute atomic E-state index is 0.138. The van der Waals surface area contributed by atoms with Gasteiger partial charge in [-0.3, -0.25) is 0 Å². The van der Waals surface area contributed by atoms with Gasteiger partial charge in [0.1, 0.15) is 0 Å². The number of anilines is 1. The number of hydrogen-bond acceptors (Lipinski definition) is 5. The molecule has 0 spiro atoms. The zero-order valence-corrected chi connectivity index (χ0v) is 13.9. The Kier molecular flexibility index (Phi) is 5.47. The van der Waals surface area contributed by atoms with E-state index in [1.54, 1.807) is 6.20 Å². The molecule has 3 heterocycles. The molecule has 2 aliphatic heterocycles. The lowest BCUT2D eigenvalue weighted by Gasteiger charge is -2.31. The Hall–Kier alpha value is -1.93. The Morgan fingerprint density at radius 2 is 2.17 bits per heavy atom. The van der Waals surface area contributed by atoms with Gasteiger partial charge in [-0.1, -0.05) is 0 Å². The van der Waals surface area contributed by atoms with E-state index in [2.05, 4.69) is 9.98 Å². The average Bonchev–Trinajstić information content (AvgIpc) is 2.60. The van der Waals surface area contributed by atoms with Crippen LogP contribution in [0.1, 0.15) is 12.5 Å². The van der Waals surface area contributed by atoms with Gasteiger partial charge in [-0.2, -0.15) is 0 Å². The number of nitrogens with zero attached hydrogens (tertiary/aromatic N) is 4. The van der Waals surface area contributed by atoms with Gasteiger partial charge in [0.2, 0.25) is 0 Å². The lowest BCUT2D eigenvalue weighted by atomic mass is 10.2. The molecule has 1 unspecified atom stereocenters. The van der Waals surface area contributed by atoms with Gasteiger partial charge < -0.3 is 25.0 Å². The lowest BCUT2D eigenvalue weighted by Crippen LogP contribution is -2.47. The quantitative estimate of drug-likeness (QED) is 0.643. The summed E-state index contributed by atoms with van der Waals surface area (Å²) in [7, 11) is 0. The first-order valence-corrected chi connectivity index (χ1v) is 8.27. The molecule has 1 aromatic rings. The average molecular weight is 337 g/mol. The lowest BCUT2D eigenvalue weighted by molar-refractivity contribution is 0.00529. The van der Waals surface area contributed by atoms with Crippen molar-refractivity contribution >= 4 is 11.8 Å². The second kappa shape index (κ2) is 7.76. The van der Waals surface area contributed by atoms with Crippen LogP contribution in [0.3, 0.4) is 0 Å². The molecule has 1 aromatic heterocycles. The number of aromatic nitrogens is 1. The van der Waals surface area contributed by atoms with Gasteiger partial charge in [-0.25, -0.2) is 14.4 Å². The molecule has 7 nitrogen and oxygen atoms in total. The van der Waals surface area contributed by atoms with Crippen LogP contribution in [0.2, 0.25) is 0 Å². The van der Waals surface area contributed by atoms with Crippen molar-refractivity contribution in [2.75, 3.05) is 50.9 Å². The van der Waals surface area contributed by atoms with E-state index in [1.807, 2.05) is 16.7 Å². The minimum atomic E-state index is -0.330. The summed E-state index contributed by atoms with van der Waals surface area (Å²) in [6.07, 6.45) is 1.80. The second-order valence-corrected chi connectivity index (χ2v) is 6.05. The maximum absolute atomic E-state index is 14.3. The number of halogens is 1. The highest BCUT2D eigenvalue weighted by atomic mass is 19.1. The molecule has 0 saturated carbocycles. The topological polar surface area (TPSA) is 76.2 Å². The molecular weight excluding hydrogens is 313 g/mol. The third kappa shape index (κ3) is 4.12. The van der Waals surface area contributed by atoms with E-state index in [-0.39, 0.29) is 11.9 Å². The van der Waals surface area contributed by atoms with Crippen molar-refractivity contribution in [2.45, 2.75) is 19.6 Å². The Balaban J connectivity index is 1.62. The van der Waals surface area contributed by atoms with Crippen LogP contribution in [0.15, 0.2) is 17.3 Å². The van der Waals surface area contributed by atoms with E-state index < -0.39 is 0 Å². The number of pyridine rings is 1. The largest absolute Gasteiger partial charge is 0.378 e. The minimum Gasteiger partial charge on any atom is -0.378 e. The first kappa shape index (κ1) is 16.9. The summed E-state index contributed by atoms with van der Waals surface area (Å²) in [6, 6.07) is 1.48. The van der Waals surface area contributed by atoms with E-state index in [4.69, 9.17) is 15.2 Å². The van der Waals surface area contributed by atoms with Crippen LogP contribution in [0.25, 0.3) is 0 Å². The van der Waals surface area contributed by atoms with Crippen LogP contribution in [-0.4, -0.2) is 67.9 Å². The normalized spacial score (nSPS) is 22.8. The zero-order chi connectivity index (χ0) is 16.9. The highest BCUT2D eigenvalue weighted by Crippen LogP contribution is 2.18. The number of morpholine rings is 2. The van der Waals surface area contributed by atoms with Gasteiger partial charge in [0.05, 0.1) is 32.5 Å². The van der Waals surface area contributed by atoms with Crippen LogP contribution < -0.4 is 10.6 Å². The number of guanidine groups is 1. The summed E-state index contributed by atoms with van der Waals surface area (Å²) >= 11 is 0. The summed E-state index contributed by atoms with van der Waals surface area (Å²) < 4.78 is 25.1. The van der Waals surface area contributed by atoms with Crippen molar-refractivity contribution in [1.29, 1.82) is 0 Å². The molecule has 8 heteroatoms. The van der Waals surface area contributed by atoms with E-state index >= 15 is 0 Å². The summed E-state index contributed by atoms with van der Waals surface area (Å²) in [6.45, 7) is 6.91. The molecule has 0 amide bonds. The number of aliphatic imine (C=N–C) groups is 1. The van der Waals surface area contributed by atoms with Gasteiger partial charge >= 0.3 is 0 Å². The van der Waals surface area contributed by atoms with E-state index in [1.165, 1.54) is 6.07 Å². The molecule has 0 bridgehead atoms. The van der Waals surface area contributed by atoms with Crippen LogP contribution >= 0.6 is 0 Å². The summed E-state index contributed by atoms with van der Waals surface area (Å²) in [5, 5.41) is 0. The molecule has 2 N–H and O–H groups in total. The van der Waals surface area contributed by atoms with Crippen molar-refractivity contribution in [3.63, 3.8) is 0 Å². The Morgan fingerprint density at radius 3 is 2.88 bits per heavy atom. The van der Waals surface area contributed by atoms with Gasteiger partial charge in [-0.15, -0.1) is 0 Å². The first-order chi connectivity index (χ1) is 11.6. The number of ether oxygens (including phenoxy) is 2. The second-order valence-electron chi connectivity index (χ2n) is 6.05. The highest BCUT2D eigenvalue weighted by Gasteiger charge is 2.19. The maximum atomic E-state index is 14.3.